The van der Waals surface area contributed by atoms with Gasteiger partial charge in [0.15, 0.2) is 0 Å². The van der Waals surface area contributed by atoms with Gasteiger partial charge < -0.3 is 5.32 Å². The van der Waals surface area contributed by atoms with Crippen molar-refractivity contribution in [3.05, 3.63) is 53.8 Å². The van der Waals surface area contributed by atoms with Crippen molar-refractivity contribution in [3.8, 4) is 0 Å². The molecule has 130 valence electrons. The van der Waals surface area contributed by atoms with E-state index in [2.05, 4.69) is 23.9 Å². The fraction of sp³-hybridized carbons (Fsp3) is 0.333. The number of benzene rings is 2. The van der Waals surface area contributed by atoms with Crippen LogP contribution in [-0.4, -0.2) is 15.0 Å². The highest BCUT2D eigenvalue weighted by Gasteiger charge is 2.15. The Bertz CT molecular complexity index is 787. The summed E-state index contributed by atoms with van der Waals surface area (Å²) in [6.45, 7) is 6.73. The Labute approximate surface area is 143 Å². The number of hydrogen-bond acceptors (Lipinski definition) is 3. The van der Waals surface area contributed by atoms with Gasteiger partial charge in [-0.25, -0.2) is 12.8 Å². The van der Waals surface area contributed by atoms with Gasteiger partial charge in [-0.05, 0) is 67.3 Å². The second-order valence-electron chi connectivity index (χ2n) is 6.20. The van der Waals surface area contributed by atoms with Crippen LogP contribution < -0.4 is 10.0 Å². The van der Waals surface area contributed by atoms with E-state index in [1.165, 1.54) is 19.1 Å². The van der Waals surface area contributed by atoms with Crippen molar-refractivity contribution < 1.29 is 12.8 Å². The lowest BCUT2D eigenvalue weighted by Crippen LogP contribution is -2.13. The van der Waals surface area contributed by atoms with Gasteiger partial charge in [-0.1, -0.05) is 13.8 Å². The molecule has 0 saturated carbocycles. The molecule has 2 rings (SSSR count). The molecule has 0 unspecified atom stereocenters. The zero-order valence-electron chi connectivity index (χ0n) is 14.1. The molecule has 24 heavy (non-hydrogen) atoms. The van der Waals surface area contributed by atoms with E-state index in [0.717, 1.165) is 24.7 Å². The van der Waals surface area contributed by atoms with Crippen LogP contribution in [0.5, 0.6) is 0 Å². The molecule has 2 aromatic rings. The number of anilines is 2. The van der Waals surface area contributed by atoms with Gasteiger partial charge in [-0.2, -0.15) is 0 Å². The van der Waals surface area contributed by atoms with E-state index in [-0.39, 0.29) is 4.90 Å². The van der Waals surface area contributed by atoms with Crippen molar-refractivity contribution in [2.45, 2.75) is 32.1 Å². The van der Waals surface area contributed by atoms with Crippen LogP contribution in [0.1, 0.15) is 25.8 Å². The van der Waals surface area contributed by atoms with Crippen molar-refractivity contribution in [3.63, 3.8) is 0 Å². The number of hydrogen-bond donors (Lipinski definition) is 2. The standard InChI is InChI=1S/C18H23FN2O2S/c1-13(2)10-11-20-15-4-6-16(7-5-15)21-24(22,23)17-8-9-18(19)14(3)12-17/h4-9,12-13,20-21H,10-11H2,1-3H3. The average molecular weight is 350 g/mol. The highest BCUT2D eigenvalue weighted by molar-refractivity contribution is 7.92. The van der Waals surface area contributed by atoms with Gasteiger partial charge in [0.2, 0.25) is 0 Å². The molecule has 2 N–H and O–H groups in total. The van der Waals surface area contributed by atoms with E-state index >= 15 is 0 Å². The third-order valence-electron chi connectivity index (χ3n) is 3.63. The van der Waals surface area contributed by atoms with E-state index in [1.54, 1.807) is 12.1 Å². The average Bonchev–Trinajstić information content (AvgIpc) is 2.51. The van der Waals surface area contributed by atoms with E-state index in [1.807, 2.05) is 12.1 Å². The van der Waals surface area contributed by atoms with E-state index in [9.17, 15) is 12.8 Å². The van der Waals surface area contributed by atoms with Gasteiger partial charge >= 0.3 is 0 Å². The fourth-order valence-electron chi connectivity index (χ4n) is 2.16. The monoisotopic (exact) mass is 350 g/mol. The van der Waals surface area contributed by atoms with Crippen LogP contribution in [0.25, 0.3) is 0 Å². The summed E-state index contributed by atoms with van der Waals surface area (Å²) in [5.74, 6) is 0.202. The quantitative estimate of drug-likeness (QED) is 0.778. The molecule has 4 nitrogen and oxygen atoms in total. The second-order valence-corrected chi connectivity index (χ2v) is 7.89. The first-order valence-corrected chi connectivity index (χ1v) is 9.39. The van der Waals surface area contributed by atoms with E-state index in [4.69, 9.17) is 0 Å². The fourth-order valence-corrected chi connectivity index (χ4v) is 3.30. The molecule has 0 atom stereocenters. The van der Waals surface area contributed by atoms with Crippen LogP contribution in [0.3, 0.4) is 0 Å². The summed E-state index contributed by atoms with van der Waals surface area (Å²) in [5.41, 5.74) is 1.70. The highest BCUT2D eigenvalue weighted by atomic mass is 32.2. The van der Waals surface area contributed by atoms with Gasteiger partial charge in [0.1, 0.15) is 5.82 Å². The summed E-state index contributed by atoms with van der Waals surface area (Å²) in [7, 11) is -3.73. The molecule has 0 bridgehead atoms. The maximum atomic E-state index is 13.3. The Morgan fingerprint density at radius 3 is 2.25 bits per heavy atom. The minimum Gasteiger partial charge on any atom is -0.385 e. The molecule has 0 saturated heterocycles. The number of halogens is 1. The van der Waals surface area contributed by atoms with Crippen molar-refractivity contribution in [1.29, 1.82) is 0 Å². The summed E-state index contributed by atoms with van der Waals surface area (Å²) in [5, 5.41) is 3.29. The second kappa shape index (κ2) is 7.66. The Morgan fingerprint density at radius 1 is 1.04 bits per heavy atom. The molecule has 0 aromatic heterocycles. The molecule has 6 heteroatoms. The van der Waals surface area contributed by atoms with Gasteiger partial charge in [-0.3, -0.25) is 4.72 Å². The highest BCUT2D eigenvalue weighted by Crippen LogP contribution is 2.20. The maximum Gasteiger partial charge on any atom is 0.261 e. The summed E-state index contributed by atoms with van der Waals surface area (Å²) in [6, 6.07) is 10.8. The largest absolute Gasteiger partial charge is 0.385 e. The SMILES string of the molecule is Cc1cc(S(=O)(=O)Nc2ccc(NCCC(C)C)cc2)ccc1F. The number of rotatable bonds is 7. The first-order chi connectivity index (χ1) is 11.3. The topological polar surface area (TPSA) is 58.2 Å². The molecule has 0 aliphatic rings. The molecule has 0 spiro atoms. The lowest BCUT2D eigenvalue weighted by molar-refractivity contribution is 0.598. The molecule has 0 heterocycles. The Balaban J connectivity index is 2.05. The lowest BCUT2D eigenvalue weighted by atomic mass is 10.1. The summed E-state index contributed by atoms with van der Waals surface area (Å²) < 4.78 is 40.5. The van der Waals surface area contributed by atoms with Crippen LogP contribution in [-0.2, 0) is 10.0 Å². The van der Waals surface area contributed by atoms with Crippen molar-refractivity contribution in [1.82, 2.24) is 0 Å². The third kappa shape index (κ3) is 4.96. The predicted molar refractivity (Wildman–Crippen MR) is 96.3 cm³/mol. The van der Waals surface area contributed by atoms with Gasteiger partial charge in [0.05, 0.1) is 4.90 Å². The Hall–Kier alpha value is -2.08. The van der Waals surface area contributed by atoms with Gasteiger partial charge in [0, 0.05) is 17.9 Å². The first kappa shape index (κ1) is 18.3. The van der Waals surface area contributed by atoms with E-state index < -0.39 is 15.8 Å². The molecule has 0 radical (unpaired) electrons. The maximum absolute atomic E-state index is 13.3. The summed E-state index contributed by atoms with van der Waals surface area (Å²) >= 11 is 0. The minimum absolute atomic E-state index is 0.0422. The number of aryl methyl sites for hydroxylation is 1. The Kier molecular flexibility index (Phi) is 5.83. The smallest absolute Gasteiger partial charge is 0.261 e. The van der Waals surface area contributed by atoms with Crippen molar-refractivity contribution >= 4 is 21.4 Å². The predicted octanol–water partition coefficient (Wildman–Crippen LogP) is 4.39. The van der Waals surface area contributed by atoms with Crippen molar-refractivity contribution in [2.75, 3.05) is 16.6 Å². The minimum atomic E-state index is -3.73. The molecular weight excluding hydrogens is 327 g/mol. The van der Waals surface area contributed by atoms with Gasteiger partial charge in [-0.15, -0.1) is 0 Å². The normalized spacial score (nSPS) is 11.5. The van der Waals surface area contributed by atoms with Crippen LogP contribution in [0.4, 0.5) is 15.8 Å². The first-order valence-electron chi connectivity index (χ1n) is 7.91. The number of sulfonamides is 1. The van der Waals surface area contributed by atoms with Crippen LogP contribution in [0.2, 0.25) is 0 Å². The molecule has 2 aromatic carbocycles. The molecule has 0 aliphatic carbocycles. The molecule has 0 amide bonds. The third-order valence-corrected chi connectivity index (χ3v) is 5.01. The zero-order chi connectivity index (χ0) is 17.7. The van der Waals surface area contributed by atoms with Gasteiger partial charge in [0.25, 0.3) is 10.0 Å². The summed E-state index contributed by atoms with van der Waals surface area (Å²) in [4.78, 5) is 0.0422. The lowest BCUT2D eigenvalue weighted by Gasteiger charge is -2.11. The van der Waals surface area contributed by atoms with E-state index in [0.29, 0.717) is 17.2 Å². The van der Waals surface area contributed by atoms with Crippen LogP contribution >= 0.6 is 0 Å². The zero-order valence-corrected chi connectivity index (χ0v) is 15.0. The van der Waals surface area contributed by atoms with Crippen LogP contribution in [0.15, 0.2) is 47.4 Å². The molecule has 0 fully saturated rings. The molecular formula is C18H23FN2O2S. The Morgan fingerprint density at radius 2 is 1.67 bits per heavy atom. The number of nitrogens with one attached hydrogen (secondary N) is 2. The van der Waals surface area contributed by atoms with Crippen LogP contribution in [0, 0.1) is 18.7 Å². The molecule has 0 aliphatic heterocycles. The van der Waals surface area contributed by atoms with Crippen molar-refractivity contribution in [2.24, 2.45) is 5.92 Å². The summed E-state index contributed by atoms with van der Waals surface area (Å²) in [6.07, 6.45) is 1.07.